The van der Waals surface area contributed by atoms with Crippen LogP contribution < -0.4 is 11.1 Å². The largest absolute Gasteiger partial charge is 0.324 e. The molecule has 2 aromatic carbocycles. The second-order valence-corrected chi connectivity index (χ2v) is 7.39. The number of hydrogen-bond donors (Lipinski definition) is 2. The fourth-order valence-corrected chi connectivity index (χ4v) is 3.47. The van der Waals surface area contributed by atoms with Gasteiger partial charge in [-0.1, -0.05) is 48.4 Å². The number of anilines is 1. The lowest BCUT2D eigenvalue weighted by Crippen LogP contribution is -2.36. The molecule has 1 aliphatic rings. The minimum Gasteiger partial charge on any atom is -0.324 e. The number of likely N-dealkylation sites (tertiary alicyclic amines) is 1. The van der Waals surface area contributed by atoms with Gasteiger partial charge in [-0.25, -0.2) is 0 Å². The van der Waals surface area contributed by atoms with Crippen LogP contribution in [-0.4, -0.2) is 23.4 Å². The second kappa shape index (κ2) is 8.47. The molecule has 26 heavy (non-hydrogen) atoms. The molecule has 1 heterocycles. The second-order valence-electron chi connectivity index (χ2n) is 7.39. The van der Waals surface area contributed by atoms with Crippen molar-refractivity contribution in [2.24, 2.45) is 5.73 Å². The molecule has 1 saturated heterocycles. The summed E-state index contributed by atoms with van der Waals surface area (Å²) in [5.74, 6) is -0.189. The third-order valence-corrected chi connectivity index (χ3v) is 5.27. The minimum atomic E-state index is -0.663. The number of aryl methyl sites for hydroxylation is 1. The molecule has 138 valence electrons. The van der Waals surface area contributed by atoms with Gasteiger partial charge in [0.05, 0.1) is 0 Å². The molecule has 0 saturated carbocycles. The molecule has 3 N–H and O–H groups in total. The highest BCUT2D eigenvalue weighted by molar-refractivity contribution is 5.95. The molecular formula is C22H29N3O. The average molecular weight is 351 g/mol. The Labute approximate surface area is 156 Å². The van der Waals surface area contributed by atoms with Crippen molar-refractivity contribution in [3.63, 3.8) is 0 Å². The van der Waals surface area contributed by atoms with Crippen LogP contribution in [-0.2, 0) is 11.3 Å². The van der Waals surface area contributed by atoms with Gasteiger partial charge in [-0.2, -0.15) is 0 Å². The lowest BCUT2D eigenvalue weighted by molar-refractivity contribution is -0.117. The standard InChI is InChI=1S/C22H29N3O/c1-16-6-10-19(11-7-16)21(23)22(26)24-20-12-8-18(9-13-20)15-25-14-4-3-5-17(25)2/h6-13,17,21H,3-5,14-15,23H2,1-2H3,(H,24,26). The molecule has 0 radical (unpaired) electrons. The first kappa shape index (κ1) is 18.6. The quantitative estimate of drug-likeness (QED) is 0.856. The summed E-state index contributed by atoms with van der Waals surface area (Å²) in [6, 6.07) is 15.8. The van der Waals surface area contributed by atoms with E-state index in [0.717, 1.165) is 23.4 Å². The molecule has 4 nitrogen and oxygen atoms in total. The molecule has 2 atom stereocenters. The first-order valence-electron chi connectivity index (χ1n) is 9.49. The van der Waals surface area contributed by atoms with Crippen LogP contribution >= 0.6 is 0 Å². The summed E-state index contributed by atoms with van der Waals surface area (Å²) in [7, 11) is 0. The number of piperidine rings is 1. The predicted octanol–water partition coefficient (Wildman–Crippen LogP) is 4.01. The number of amides is 1. The molecule has 2 aromatic rings. The van der Waals surface area contributed by atoms with E-state index in [1.54, 1.807) is 0 Å². The van der Waals surface area contributed by atoms with E-state index in [9.17, 15) is 4.79 Å². The zero-order valence-corrected chi connectivity index (χ0v) is 15.7. The SMILES string of the molecule is Cc1ccc(C(N)C(=O)Nc2ccc(CN3CCCCC3C)cc2)cc1. The van der Waals surface area contributed by atoms with Gasteiger partial charge in [0.1, 0.15) is 6.04 Å². The van der Waals surface area contributed by atoms with Crippen molar-refractivity contribution in [3.8, 4) is 0 Å². The molecule has 1 aliphatic heterocycles. The molecule has 3 rings (SSSR count). The summed E-state index contributed by atoms with van der Waals surface area (Å²) in [5.41, 5.74) is 10.1. The van der Waals surface area contributed by atoms with Crippen molar-refractivity contribution < 1.29 is 4.79 Å². The first-order chi connectivity index (χ1) is 12.5. The molecular weight excluding hydrogens is 322 g/mol. The van der Waals surface area contributed by atoms with Crippen molar-refractivity contribution in [3.05, 3.63) is 65.2 Å². The number of benzene rings is 2. The van der Waals surface area contributed by atoms with Crippen molar-refractivity contribution >= 4 is 11.6 Å². The molecule has 0 aliphatic carbocycles. The molecule has 1 fully saturated rings. The molecule has 1 amide bonds. The van der Waals surface area contributed by atoms with Gasteiger partial charge in [0.15, 0.2) is 0 Å². The summed E-state index contributed by atoms with van der Waals surface area (Å²) in [5, 5.41) is 2.92. The van der Waals surface area contributed by atoms with E-state index in [1.165, 1.54) is 31.4 Å². The monoisotopic (exact) mass is 351 g/mol. The maximum Gasteiger partial charge on any atom is 0.245 e. The smallest absolute Gasteiger partial charge is 0.245 e. The maximum absolute atomic E-state index is 12.4. The van der Waals surface area contributed by atoms with Crippen molar-refractivity contribution in [1.82, 2.24) is 4.90 Å². The minimum absolute atomic E-state index is 0.189. The Balaban J connectivity index is 1.58. The van der Waals surface area contributed by atoms with Gasteiger partial charge in [-0.3, -0.25) is 9.69 Å². The number of nitrogens with one attached hydrogen (secondary N) is 1. The summed E-state index contributed by atoms with van der Waals surface area (Å²) in [4.78, 5) is 14.9. The van der Waals surface area contributed by atoms with Gasteiger partial charge in [0.25, 0.3) is 0 Å². The Bertz CT molecular complexity index is 724. The lowest BCUT2D eigenvalue weighted by Gasteiger charge is -2.33. The third-order valence-electron chi connectivity index (χ3n) is 5.27. The van der Waals surface area contributed by atoms with E-state index < -0.39 is 6.04 Å². The Morgan fingerprint density at radius 1 is 1.15 bits per heavy atom. The van der Waals surface area contributed by atoms with Crippen LogP contribution in [0.5, 0.6) is 0 Å². The Morgan fingerprint density at radius 3 is 2.50 bits per heavy atom. The fraction of sp³-hybridized carbons (Fsp3) is 0.409. The van der Waals surface area contributed by atoms with Crippen LogP contribution in [0.1, 0.15) is 48.9 Å². The van der Waals surface area contributed by atoms with Crippen molar-refractivity contribution in [2.75, 3.05) is 11.9 Å². The first-order valence-corrected chi connectivity index (χ1v) is 9.49. The van der Waals surface area contributed by atoms with E-state index in [1.807, 2.05) is 43.3 Å². The highest BCUT2D eigenvalue weighted by atomic mass is 16.2. The molecule has 0 spiro atoms. The zero-order valence-electron chi connectivity index (χ0n) is 15.7. The molecule has 0 bridgehead atoms. The van der Waals surface area contributed by atoms with Crippen LogP contribution in [0.4, 0.5) is 5.69 Å². The summed E-state index contributed by atoms with van der Waals surface area (Å²) in [6.07, 6.45) is 3.91. The van der Waals surface area contributed by atoms with E-state index >= 15 is 0 Å². The summed E-state index contributed by atoms with van der Waals surface area (Å²) < 4.78 is 0. The molecule has 4 heteroatoms. The van der Waals surface area contributed by atoms with Gasteiger partial charge in [-0.05, 0) is 56.5 Å². The van der Waals surface area contributed by atoms with E-state index in [2.05, 4.69) is 29.3 Å². The molecule has 2 unspecified atom stereocenters. The van der Waals surface area contributed by atoms with E-state index in [-0.39, 0.29) is 5.91 Å². The topological polar surface area (TPSA) is 58.4 Å². The third kappa shape index (κ3) is 4.71. The van der Waals surface area contributed by atoms with E-state index in [0.29, 0.717) is 6.04 Å². The van der Waals surface area contributed by atoms with Gasteiger partial charge in [-0.15, -0.1) is 0 Å². The van der Waals surface area contributed by atoms with E-state index in [4.69, 9.17) is 5.73 Å². The number of carbonyl (C=O) groups is 1. The highest BCUT2D eigenvalue weighted by Crippen LogP contribution is 2.20. The van der Waals surface area contributed by atoms with Crippen LogP contribution in [0.15, 0.2) is 48.5 Å². The highest BCUT2D eigenvalue weighted by Gasteiger charge is 2.18. The average Bonchev–Trinajstić information content (AvgIpc) is 2.65. The normalized spacial score (nSPS) is 19.1. The predicted molar refractivity (Wildman–Crippen MR) is 107 cm³/mol. The maximum atomic E-state index is 12.4. The van der Waals surface area contributed by atoms with Crippen LogP contribution in [0.3, 0.4) is 0 Å². The number of nitrogens with two attached hydrogens (primary N) is 1. The van der Waals surface area contributed by atoms with Gasteiger partial charge in [0, 0.05) is 18.3 Å². The number of carbonyl (C=O) groups excluding carboxylic acids is 1. The van der Waals surface area contributed by atoms with Crippen molar-refractivity contribution in [2.45, 2.75) is 51.7 Å². The van der Waals surface area contributed by atoms with Crippen molar-refractivity contribution in [1.29, 1.82) is 0 Å². The number of hydrogen-bond acceptors (Lipinski definition) is 3. The van der Waals surface area contributed by atoms with Gasteiger partial charge >= 0.3 is 0 Å². The fourth-order valence-electron chi connectivity index (χ4n) is 3.47. The Morgan fingerprint density at radius 2 is 1.85 bits per heavy atom. The van der Waals surface area contributed by atoms with Crippen LogP contribution in [0, 0.1) is 6.92 Å². The molecule has 0 aromatic heterocycles. The Kier molecular flexibility index (Phi) is 6.07. The van der Waals surface area contributed by atoms with Crippen LogP contribution in [0.25, 0.3) is 0 Å². The number of rotatable bonds is 5. The number of nitrogens with zero attached hydrogens (tertiary/aromatic N) is 1. The Hall–Kier alpha value is -2.17. The zero-order chi connectivity index (χ0) is 18.5. The van der Waals surface area contributed by atoms with Gasteiger partial charge in [0.2, 0.25) is 5.91 Å². The van der Waals surface area contributed by atoms with Gasteiger partial charge < -0.3 is 11.1 Å². The lowest BCUT2D eigenvalue weighted by atomic mass is 10.0. The summed E-state index contributed by atoms with van der Waals surface area (Å²) in [6.45, 7) is 6.46. The van der Waals surface area contributed by atoms with Crippen LogP contribution in [0.2, 0.25) is 0 Å². The summed E-state index contributed by atoms with van der Waals surface area (Å²) >= 11 is 0.